The third-order valence-electron chi connectivity index (χ3n) is 4.21. The number of carbonyl (C=O) groups excluding carboxylic acids is 1. The van der Waals surface area contributed by atoms with Crippen LogP contribution in [0.15, 0.2) is 53.4 Å². The van der Waals surface area contributed by atoms with Gasteiger partial charge in [-0.25, -0.2) is 12.8 Å². The number of benzene rings is 2. The topological polar surface area (TPSA) is 84.9 Å². The standard InChI is InChI=1S/C19H21FN2O5S/c1-14(27-16-5-3-2-4-6-16)19(23)21-15-7-8-17(20)18(13-15)28(24,25)22-9-11-26-12-10-22/h2-8,13-14H,9-12H2,1H3,(H,21,23)/t14-/m1/s1. The van der Waals surface area contributed by atoms with Crippen LogP contribution in [0.1, 0.15) is 6.92 Å². The lowest BCUT2D eigenvalue weighted by atomic mass is 10.3. The first-order valence-corrected chi connectivity index (χ1v) is 10.2. The summed E-state index contributed by atoms with van der Waals surface area (Å²) in [6.45, 7) is 2.38. The first-order valence-electron chi connectivity index (χ1n) is 8.78. The Balaban J connectivity index is 1.74. The van der Waals surface area contributed by atoms with E-state index in [-0.39, 0.29) is 32.0 Å². The molecule has 1 fully saturated rings. The molecule has 0 saturated carbocycles. The van der Waals surface area contributed by atoms with Gasteiger partial charge in [0.05, 0.1) is 13.2 Å². The maximum atomic E-state index is 14.2. The maximum absolute atomic E-state index is 14.2. The summed E-state index contributed by atoms with van der Waals surface area (Å²) >= 11 is 0. The van der Waals surface area contributed by atoms with E-state index in [2.05, 4.69) is 5.32 Å². The van der Waals surface area contributed by atoms with Crippen LogP contribution in [0.25, 0.3) is 0 Å². The van der Waals surface area contributed by atoms with E-state index in [4.69, 9.17) is 9.47 Å². The number of rotatable bonds is 6. The highest BCUT2D eigenvalue weighted by Gasteiger charge is 2.29. The molecule has 1 aliphatic rings. The number of anilines is 1. The molecule has 2 aromatic rings. The first-order chi connectivity index (χ1) is 13.4. The monoisotopic (exact) mass is 408 g/mol. The molecule has 0 unspecified atom stereocenters. The fraction of sp³-hybridized carbons (Fsp3) is 0.316. The lowest BCUT2D eigenvalue weighted by Crippen LogP contribution is -2.41. The average Bonchev–Trinajstić information content (AvgIpc) is 2.70. The van der Waals surface area contributed by atoms with Gasteiger partial charge in [0.2, 0.25) is 10.0 Å². The summed E-state index contributed by atoms with van der Waals surface area (Å²) in [5, 5.41) is 2.57. The van der Waals surface area contributed by atoms with E-state index < -0.39 is 32.7 Å². The molecule has 1 N–H and O–H groups in total. The molecule has 150 valence electrons. The predicted molar refractivity (Wildman–Crippen MR) is 101 cm³/mol. The molecule has 1 atom stereocenters. The number of ether oxygens (including phenoxy) is 2. The average molecular weight is 408 g/mol. The van der Waals surface area contributed by atoms with Gasteiger partial charge in [-0.3, -0.25) is 4.79 Å². The maximum Gasteiger partial charge on any atom is 0.265 e. The number of morpholine rings is 1. The molecule has 0 aromatic heterocycles. The second-order valence-electron chi connectivity index (χ2n) is 6.22. The summed E-state index contributed by atoms with van der Waals surface area (Å²) in [6.07, 6.45) is -0.827. The summed E-state index contributed by atoms with van der Waals surface area (Å²) in [5.74, 6) is -0.830. The van der Waals surface area contributed by atoms with Crippen molar-refractivity contribution < 1.29 is 27.1 Å². The van der Waals surface area contributed by atoms with Gasteiger partial charge in [-0.05, 0) is 37.3 Å². The number of halogens is 1. The van der Waals surface area contributed by atoms with Gasteiger partial charge in [0.1, 0.15) is 16.5 Å². The Morgan fingerprint density at radius 1 is 1.18 bits per heavy atom. The minimum absolute atomic E-state index is 0.153. The highest BCUT2D eigenvalue weighted by atomic mass is 32.2. The van der Waals surface area contributed by atoms with E-state index in [1.807, 2.05) is 6.07 Å². The molecule has 3 rings (SSSR count). The zero-order chi connectivity index (χ0) is 20.1. The number of sulfonamides is 1. The lowest BCUT2D eigenvalue weighted by molar-refractivity contribution is -0.122. The molecule has 7 nitrogen and oxygen atoms in total. The van der Waals surface area contributed by atoms with E-state index >= 15 is 0 Å². The van der Waals surface area contributed by atoms with Crippen LogP contribution in [0.4, 0.5) is 10.1 Å². The molecule has 2 aromatic carbocycles. The molecule has 1 aliphatic heterocycles. The molecule has 0 spiro atoms. The summed E-state index contributed by atoms with van der Waals surface area (Å²) in [6, 6.07) is 12.3. The van der Waals surface area contributed by atoms with E-state index in [0.717, 1.165) is 12.1 Å². The van der Waals surface area contributed by atoms with Crippen molar-refractivity contribution in [2.75, 3.05) is 31.6 Å². The highest BCUT2D eigenvalue weighted by molar-refractivity contribution is 7.89. The van der Waals surface area contributed by atoms with E-state index in [1.165, 1.54) is 10.4 Å². The third kappa shape index (κ3) is 4.67. The van der Waals surface area contributed by atoms with Gasteiger partial charge in [-0.15, -0.1) is 0 Å². The van der Waals surface area contributed by atoms with Gasteiger partial charge in [-0.2, -0.15) is 4.31 Å². The predicted octanol–water partition coefficient (Wildman–Crippen LogP) is 2.25. The van der Waals surface area contributed by atoms with Crippen LogP contribution in [-0.2, 0) is 19.6 Å². The summed E-state index contributed by atoms with van der Waals surface area (Å²) in [5.41, 5.74) is 0.168. The number of carbonyl (C=O) groups is 1. The van der Waals surface area contributed by atoms with Crippen LogP contribution >= 0.6 is 0 Å². The van der Waals surface area contributed by atoms with Crippen molar-refractivity contribution in [2.24, 2.45) is 0 Å². The second-order valence-corrected chi connectivity index (χ2v) is 8.13. The van der Waals surface area contributed by atoms with E-state index in [1.54, 1.807) is 31.2 Å². The molecule has 28 heavy (non-hydrogen) atoms. The van der Waals surface area contributed by atoms with Crippen molar-refractivity contribution in [2.45, 2.75) is 17.9 Å². The molecule has 9 heteroatoms. The number of amides is 1. The van der Waals surface area contributed by atoms with Gasteiger partial charge in [0.25, 0.3) is 5.91 Å². The second kappa shape index (κ2) is 8.68. The Morgan fingerprint density at radius 3 is 2.54 bits per heavy atom. The number of para-hydroxylation sites is 1. The minimum atomic E-state index is -4.02. The Hall–Kier alpha value is -2.49. The Morgan fingerprint density at radius 2 is 1.86 bits per heavy atom. The number of hydrogen-bond acceptors (Lipinski definition) is 5. The van der Waals surface area contributed by atoms with Gasteiger partial charge >= 0.3 is 0 Å². The van der Waals surface area contributed by atoms with Crippen molar-refractivity contribution in [3.05, 3.63) is 54.3 Å². The van der Waals surface area contributed by atoms with Crippen LogP contribution in [0.5, 0.6) is 5.75 Å². The van der Waals surface area contributed by atoms with Crippen molar-refractivity contribution in [1.82, 2.24) is 4.31 Å². The van der Waals surface area contributed by atoms with Gasteiger partial charge in [0, 0.05) is 18.8 Å². The van der Waals surface area contributed by atoms with E-state index in [0.29, 0.717) is 5.75 Å². The van der Waals surface area contributed by atoms with Crippen molar-refractivity contribution in [3.8, 4) is 5.75 Å². The number of nitrogens with zero attached hydrogens (tertiary/aromatic N) is 1. The molecule has 1 amide bonds. The zero-order valence-corrected chi connectivity index (χ0v) is 16.1. The summed E-state index contributed by atoms with van der Waals surface area (Å²) in [4.78, 5) is 11.9. The van der Waals surface area contributed by atoms with E-state index in [9.17, 15) is 17.6 Å². The van der Waals surface area contributed by atoms with Gasteiger partial charge in [0.15, 0.2) is 6.10 Å². The highest BCUT2D eigenvalue weighted by Crippen LogP contribution is 2.24. The van der Waals surface area contributed by atoms with Crippen molar-refractivity contribution in [1.29, 1.82) is 0 Å². The normalized spacial score (nSPS) is 16.4. The van der Waals surface area contributed by atoms with Crippen LogP contribution in [-0.4, -0.2) is 51.0 Å². The fourth-order valence-electron chi connectivity index (χ4n) is 2.71. The Bertz CT molecular complexity index is 931. The molecule has 1 saturated heterocycles. The first kappa shape index (κ1) is 20.2. The number of hydrogen-bond donors (Lipinski definition) is 1. The number of nitrogens with one attached hydrogen (secondary N) is 1. The van der Waals surface area contributed by atoms with Crippen LogP contribution in [0.2, 0.25) is 0 Å². The molecule has 0 aliphatic carbocycles. The quantitative estimate of drug-likeness (QED) is 0.793. The fourth-order valence-corrected chi connectivity index (χ4v) is 4.20. The largest absolute Gasteiger partial charge is 0.481 e. The molecular formula is C19H21FN2O5S. The Kier molecular flexibility index (Phi) is 6.28. The van der Waals surface area contributed by atoms with Crippen LogP contribution in [0.3, 0.4) is 0 Å². The van der Waals surface area contributed by atoms with Gasteiger partial charge < -0.3 is 14.8 Å². The zero-order valence-electron chi connectivity index (χ0n) is 15.3. The lowest BCUT2D eigenvalue weighted by Gasteiger charge is -2.26. The van der Waals surface area contributed by atoms with Gasteiger partial charge in [-0.1, -0.05) is 18.2 Å². The smallest absolute Gasteiger partial charge is 0.265 e. The SMILES string of the molecule is C[C@@H](Oc1ccccc1)C(=O)Nc1ccc(F)c(S(=O)(=O)N2CCOCC2)c1. The summed E-state index contributed by atoms with van der Waals surface area (Å²) < 4.78 is 51.5. The molecule has 0 radical (unpaired) electrons. The molecular weight excluding hydrogens is 387 g/mol. The van der Waals surface area contributed by atoms with Crippen LogP contribution in [0, 0.1) is 5.82 Å². The summed E-state index contributed by atoms with van der Waals surface area (Å²) in [7, 11) is -4.02. The third-order valence-corrected chi connectivity index (χ3v) is 6.13. The van der Waals surface area contributed by atoms with Crippen molar-refractivity contribution >= 4 is 21.6 Å². The Labute approximate surface area is 163 Å². The molecule has 1 heterocycles. The van der Waals surface area contributed by atoms with Crippen LogP contribution < -0.4 is 10.1 Å². The molecule has 0 bridgehead atoms. The van der Waals surface area contributed by atoms with Crippen molar-refractivity contribution in [3.63, 3.8) is 0 Å². The minimum Gasteiger partial charge on any atom is -0.481 e.